The smallest absolute Gasteiger partial charge is 0.414 e. The van der Waals surface area contributed by atoms with Crippen LogP contribution in [0, 0.1) is 0 Å². The van der Waals surface area contributed by atoms with Gasteiger partial charge in [-0.25, -0.2) is 4.79 Å². The van der Waals surface area contributed by atoms with Gasteiger partial charge in [-0.3, -0.25) is 14.4 Å². The quantitative estimate of drug-likeness (QED) is 0.641. The van der Waals surface area contributed by atoms with Crippen LogP contribution in [-0.4, -0.2) is 53.7 Å². The minimum atomic E-state index is -0.321. The minimum Gasteiger partial charge on any atom is -0.446 e. The van der Waals surface area contributed by atoms with Crippen molar-refractivity contribution >= 4 is 23.4 Å². The number of nitrogens with zero attached hydrogens (tertiary/aromatic N) is 4. The van der Waals surface area contributed by atoms with E-state index in [1.165, 1.54) is 6.42 Å². The van der Waals surface area contributed by atoms with E-state index in [-0.39, 0.29) is 24.1 Å². The van der Waals surface area contributed by atoms with Gasteiger partial charge in [-0.15, -0.1) is 0 Å². The largest absolute Gasteiger partial charge is 0.446 e. The molecule has 3 heterocycles. The van der Waals surface area contributed by atoms with E-state index in [9.17, 15) is 9.59 Å². The highest BCUT2D eigenvalue weighted by Gasteiger charge is 2.35. The van der Waals surface area contributed by atoms with Crippen LogP contribution in [0.15, 0.2) is 30.6 Å². The summed E-state index contributed by atoms with van der Waals surface area (Å²) in [6, 6.07) is 6.14. The van der Waals surface area contributed by atoms with Gasteiger partial charge in [-0.1, -0.05) is 12.5 Å². The topological polar surface area (TPSA) is 76.9 Å². The number of amides is 2. The second-order valence-corrected chi connectivity index (χ2v) is 9.75. The second kappa shape index (κ2) is 9.78. The number of carbonyl (C=O) groups excluding carboxylic acids is 2. The zero-order valence-corrected chi connectivity index (χ0v) is 20.1. The monoisotopic (exact) mass is 466 g/mol. The van der Waals surface area contributed by atoms with E-state index >= 15 is 0 Å². The molecule has 1 aliphatic carbocycles. The molecule has 1 aromatic heterocycles. The molecule has 34 heavy (non-hydrogen) atoms. The summed E-state index contributed by atoms with van der Waals surface area (Å²) >= 11 is 0. The van der Waals surface area contributed by atoms with E-state index in [1.54, 1.807) is 16.7 Å². The van der Waals surface area contributed by atoms with Crippen molar-refractivity contribution in [3.63, 3.8) is 0 Å². The maximum Gasteiger partial charge on any atom is 0.414 e. The third-order valence-corrected chi connectivity index (χ3v) is 7.29. The maximum absolute atomic E-state index is 13.3. The summed E-state index contributed by atoms with van der Waals surface area (Å²) in [5.74, 6) is -0.0332. The Balaban J connectivity index is 1.45. The highest BCUT2D eigenvalue weighted by atomic mass is 16.6. The van der Waals surface area contributed by atoms with E-state index in [4.69, 9.17) is 9.47 Å². The number of rotatable bonds is 3. The molecule has 1 atom stereocenters. The normalized spacial score (nSPS) is 21.9. The van der Waals surface area contributed by atoms with Gasteiger partial charge in [-0.05, 0) is 63.1 Å². The summed E-state index contributed by atoms with van der Waals surface area (Å²) in [7, 11) is 0. The number of fused-ring (bicyclic) bond motifs is 1. The van der Waals surface area contributed by atoms with Crippen molar-refractivity contribution in [2.24, 2.45) is 0 Å². The lowest BCUT2D eigenvalue weighted by Gasteiger charge is -2.41. The fraction of sp³-hybridized carbons (Fsp3) is 0.577. The number of aromatic nitrogens is 2. The van der Waals surface area contributed by atoms with Gasteiger partial charge in [0.25, 0.3) is 0 Å². The number of hydrogen-bond donors (Lipinski definition) is 0. The van der Waals surface area contributed by atoms with Crippen LogP contribution in [0.1, 0.15) is 64.8 Å². The van der Waals surface area contributed by atoms with Crippen molar-refractivity contribution in [1.82, 2.24) is 9.78 Å². The first kappa shape index (κ1) is 22.9. The molecule has 1 aromatic carbocycles. The zero-order chi connectivity index (χ0) is 23.7. The van der Waals surface area contributed by atoms with Crippen LogP contribution < -0.4 is 9.80 Å². The van der Waals surface area contributed by atoms with E-state index in [2.05, 4.69) is 11.3 Å². The molecule has 0 bridgehead atoms. The van der Waals surface area contributed by atoms with Crippen LogP contribution in [-0.2, 0) is 14.3 Å². The van der Waals surface area contributed by atoms with Crippen LogP contribution in [0.4, 0.5) is 16.2 Å². The Kier molecular flexibility index (Phi) is 6.59. The molecule has 2 aliphatic heterocycles. The SMILES string of the molecule is CC(=O)N1c2ccc(-c3cnn(C4CCOCC4)c3)cc2N(C(=O)OC2CCCCC2)C[C@@H]1C. The first-order chi connectivity index (χ1) is 16.5. The molecular weight excluding hydrogens is 432 g/mol. The molecule has 0 N–H and O–H groups in total. The van der Waals surface area contributed by atoms with Crippen molar-refractivity contribution < 1.29 is 19.1 Å². The Bertz CT molecular complexity index is 1040. The van der Waals surface area contributed by atoms with Gasteiger partial charge in [0.05, 0.1) is 29.7 Å². The zero-order valence-electron chi connectivity index (χ0n) is 20.1. The van der Waals surface area contributed by atoms with Crippen molar-refractivity contribution in [1.29, 1.82) is 0 Å². The molecular formula is C26H34N4O4. The van der Waals surface area contributed by atoms with Gasteiger partial charge >= 0.3 is 6.09 Å². The van der Waals surface area contributed by atoms with Gasteiger partial charge in [0.1, 0.15) is 6.10 Å². The lowest BCUT2D eigenvalue weighted by Crippen LogP contribution is -2.52. The number of benzene rings is 1. The Morgan fingerprint density at radius 2 is 1.79 bits per heavy atom. The van der Waals surface area contributed by atoms with Crippen LogP contribution in [0.3, 0.4) is 0 Å². The fourth-order valence-corrected chi connectivity index (χ4v) is 5.48. The fourth-order valence-electron chi connectivity index (χ4n) is 5.48. The first-order valence-corrected chi connectivity index (χ1v) is 12.6. The van der Waals surface area contributed by atoms with E-state index < -0.39 is 0 Å². The standard InChI is InChI=1S/C26H34N4O4/c1-18-16-28(26(32)34-23-6-4-3-5-7-23)25-14-20(8-9-24(25)30(18)19(2)31)21-15-27-29(17-21)22-10-12-33-13-11-22/h8-9,14-15,17-18,22-23H,3-7,10-13,16H2,1-2H3/t18-/m0/s1. The molecule has 2 amide bonds. The predicted octanol–water partition coefficient (Wildman–Crippen LogP) is 4.93. The maximum atomic E-state index is 13.3. The third-order valence-electron chi connectivity index (χ3n) is 7.29. The predicted molar refractivity (Wildman–Crippen MR) is 130 cm³/mol. The molecule has 2 fully saturated rings. The van der Waals surface area contributed by atoms with Gasteiger partial charge < -0.3 is 14.4 Å². The highest BCUT2D eigenvalue weighted by molar-refractivity contribution is 6.03. The molecule has 3 aliphatic rings. The van der Waals surface area contributed by atoms with E-state index in [0.717, 1.165) is 68.6 Å². The molecule has 0 radical (unpaired) electrons. The Morgan fingerprint density at radius 3 is 2.53 bits per heavy atom. The van der Waals surface area contributed by atoms with Crippen LogP contribution in [0.5, 0.6) is 0 Å². The van der Waals surface area contributed by atoms with E-state index in [1.807, 2.05) is 36.0 Å². The van der Waals surface area contributed by atoms with Gasteiger partial charge in [0.2, 0.25) is 5.91 Å². The average Bonchev–Trinajstić information content (AvgIpc) is 3.34. The summed E-state index contributed by atoms with van der Waals surface area (Å²) in [6.45, 7) is 5.47. The molecule has 1 saturated heterocycles. The number of ether oxygens (including phenoxy) is 2. The highest BCUT2D eigenvalue weighted by Crippen LogP contribution is 2.39. The minimum absolute atomic E-state index is 0.0215. The first-order valence-electron chi connectivity index (χ1n) is 12.6. The third kappa shape index (κ3) is 4.56. The van der Waals surface area contributed by atoms with Crippen LogP contribution in [0.25, 0.3) is 11.1 Å². The van der Waals surface area contributed by atoms with Crippen LogP contribution >= 0.6 is 0 Å². The van der Waals surface area contributed by atoms with E-state index in [0.29, 0.717) is 18.3 Å². The molecule has 5 rings (SSSR count). The molecule has 1 saturated carbocycles. The van der Waals surface area contributed by atoms with Crippen LogP contribution in [0.2, 0.25) is 0 Å². The van der Waals surface area contributed by atoms with Gasteiger partial charge in [0, 0.05) is 38.4 Å². The van der Waals surface area contributed by atoms with Gasteiger partial charge in [0.15, 0.2) is 0 Å². The lowest BCUT2D eigenvalue weighted by atomic mass is 9.98. The van der Waals surface area contributed by atoms with Crippen molar-refractivity contribution in [3.05, 3.63) is 30.6 Å². The Morgan fingerprint density at radius 1 is 1.03 bits per heavy atom. The molecule has 8 nitrogen and oxygen atoms in total. The van der Waals surface area contributed by atoms with Gasteiger partial charge in [-0.2, -0.15) is 5.10 Å². The van der Waals surface area contributed by atoms with Crippen molar-refractivity contribution in [2.45, 2.75) is 77.0 Å². The number of anilines is 2. The average molecular weight is 467 g/mol. The summed E-state index contributed by atoms with van der Waals surface area (Å²) in [4.78, 5) is 29.2. The second-order valence-electron chi connectivity index (χ2n) is 9.75. The molecule has 0 spiro atoms. The van der Waals surface area contributed by atoms with Crippen molar-refractivity contribution in [2.75, 3.05) is 29.6 Å². The Labute approximate surface area is 200 Å². The lowest BCUT2D eigenvalue weighted by molar-refractivity contribution is -0.117. The molecule has 182 valence electrons. The summed E-state index contributed by atoms with van der Waals surface area (Å²) < 4.78 is 13.4. The van der Waals surface area contributed by atoms with Crippen molar-refractivity contribution in [3.8, 4) is 11.1 Å². The molecule has 2 aromatic rings. The number of hydrogen-bond acceptors (Lipinski definition) is 5. The number of carbonyl (C=O) groups is 2. The molecule has 8 heteroatoms. The summed E-state index contributed by atoms with van der Waals surface area (Å²) in [5, 5.41) is 4.61. The Hall–Kier alpha value is -2.87. The summed E-state index contributed by atoms with van der Waals surface area (Å²) in [6.07, 6.45) is 10.8. The summed E-state index contributed by atoms with van der Waals surface area (Å²) in [5.41, 5.74) is 3.41. The molecule has 0 unspecified atom stereocenters.